The molecule has 2 aromatic carbocycles. The lowest BCUT2D eigenvalue weighted by Crippen LogP contribution is -2.30. The maximum Gasteiger partial charge on any atom is 0.261 e. The van der Waals surface area contributed by atoms with E-state index < -0.39 is 0 Å². The Kier molecular flexibility index (Phi) is 4.66. The first kappa shape index (κ1) is 17.7. The lowest BCUT2D eigenvalue weighted by molar-refractivity contribution is 0.0950. The van der Waals surface area contributed by atoms with Crippen LogP contribution in [-0.4, -0.2) is 22.0 Å². The van der Waals surface area contributed by atoms with Crippen LogP contribution < -0.4 is 10.9 Å². The lowest BCUT2D eigenvalue weighted by Gasteiger charge is -2.25. The van der Waals surface area contributed by atoms with Crippen LogP contribution in [0.25, 0.3) is 10.9 Å². The minimum Gasteiger partial charge on any atom is -0.351 e. The van der Waals surface area contributed by atoms with E-state index in [2.05, 4.69) is 34.6 Å². The highest BCUT2D eigenvalue weighted by Gasteiger charge is 2.20. The molecule has 3 aromatic rings. The molecule has 0 saturated carbocycles. The van der Waals surface area contributed by atoms with Crippen molar-refractivity contribution in [2.24, 2.45) is 7.05 Å². The van der Waals surface area contributed by atoms with E-state index in [1.807, 2.05) is 0 Å². The van der Waals surface area contributed by atoms with Gasteiger partial charge in [0.05, 0.1) is 10.9 Å². The zero-order valence-electron chi connectivity index (χ0n) is 15.1. The second-order valence-corrected chi connectivity index (χ2v) is 7.44. The molecule has 5 nitrogen and oxygen atoms in total. The molecule has 1 heterocycles. The topological polar surface area (TPSA) is 66.9 Å². The summed E-state index contributed by atoms with van der Waals surface area (Å²) in [5, 5.41) is 3.57. The highest BCUT2D eigenvalue weighted by Crippen LogP contribution is 2.30. The van der Waals surface area contributed by atoms with Gasteiger partial charge in [0.25, 0.3) is 11.5 Å². The maximum absolute atomic E-state index is 12.6. The molecule has 4 rings (SSSR count). The van der Waals surface area contributed by atoms with Gasteiger partial charge in [-0.2, -0.15) is 0 Å². The SMILES string of the molecule is Cn1c(=S)[nH]c2cc(C(=O)NCC3CCCc4ccccc43)ccc2c1=O. The van der Waals surface area contributed by atoms with Crippen LogP contribution in [0.5, 0.6) is 0 Å². The van der Waals surface area contributed by atoms with Gasteiger partial charge >= 0.3 is 0 Å². The molecule has 0 radical (unpaired) electrons. The Balaban J connectivity index is 1.55. The van der Waals surface area contributed by atoms with Crippen LogP contribution in [0.15, 0.2) is 47.3 Å². The molecule has 138 valence electrons. The Hall–Kier alpha value is -2.73. The van der Waals surface area contributed by atoms with Crippen LogP contribution in [-0.2, 0) is 13.5 Å². The fourth-order valence-electron chi connectivity index (χ4n) is 3.83. The van der Waals surface area contributed by atoms with E-state index in [-0.39, 0.29) is 11.5 Å². The van der Waals surface area contributed by atoms with Crippen molar-refractivity contribution in [2.45, 2.75) is 25.2 Å². The molecule has 1 unspecified atom stereocenters. The maximum atomic E-state index is 12.6. The molecule has 1 aromatic heterocycles. The van der Waals surface area contributed by atoms with E-state index in [1.54, 1.807) is 25.2 Å². The highest BCUT2D eigenvalue weighted by atomic mass is 32.1. The van der Waals surface area contributed by atoms with Crippen molar-refractivity contribution in [3.8, 4) is 0 Å². The minimum atomic E-state index is -0.167. The molecule has 0 saturated heterocycles. The third-order valence-electron chi connectivity index (χ3n) is 5.37. The standard InChI is InChI=1S/C21H21N3O2S/c1-24-20(26)17-10-9-14(11-18(17)23-21(24)27)19(25)22-12-15-7-4-6-13-5-2-3-8-16(13)15/h2-3,5,8-11,15H,4,6-7,12H2,1H3,(H,22,25)(H,23,27). The van der Waals surface area contributed by atoms with Crippen molar-refractivity contribution in [2.75, 3.05) is 6.54 Å². The molecule has 27 heavy (non-hydrogen) atoms. The number of nitrogens with one attached hydrogen (secondary N) is 2. The molecule has 0 fully saturated rings. The minimum absolute atomic E-state index is 0.139. The Labute approximate surface area is 162 Å². The second kappa shape index (κ2) is 7.12. The molecule has 2 N–H and O–H groups in total. The predicted octanol–water partition coefficient (Wildman–Crippen LogP) is 3.45. The number of aromatic amines is 1. The van der Waals surface area contributed by atoms with E-state index in [0.29, 0.717) is 33.7 Å². The number of benzene rings is 2. The van der Waals surface area contributed by atoms with Crippen LogP contribution in [0, 0.1) is 4.77 Å². The molecule has 1 atom stereocenters. The van der Waals surface area contributed by atoms with Crippen molar-refractivity contribution in [1.82, 2.24) is 14.9 Å². The third-order valence-corrected chi connectivity index (χ3v) is 5.74. The summed E-state index contributed by atoms with van der Waals surface area (Å²) in [5.41, 5.74) is 3.66. The van der Waals surface area contributed by atoms with E-state index >= 15 is 0 Å². The number of amides is 1. The zero-order chi connectivity index (χ0) is 19.0. The average molecular weight is 379 g/mol. The first-order chi connectivity index (χ1) is 13.0. The van der Waals surface area contributed by atoms with Gasteiger partial charge in [-0.1, -0.05) is 24.3 Å². The number of fused-ring (bicyclic) bond motifs is 2. The van der Waals surface area contributed by atoms with Crippen molar-refractivity contribution < 1.29 is 4.79 Å². The van der Waals surface area contributed by atoms with Gasteiger partial charge in [-0.3, -0.25) is 14.2 Å². The van der Waals surface area contributed by atoms with Gasteiger partial charge in [0.15, 0.2) is 4.77 Å². The van der Waals surface area contributed by atoms with E-state index in [9.17, 15) is 9.59 Å². The first-order valence-corrected chi connectivity index (χ1v) is 9.54. The Morgan fingerprint density at radius 1 is 1.30 bits per heavy atom. The Bertz CT molecular complexity index is 1150. The molecule has 0 aliphatic heterocycles. The summed E-state index contributed by atoms with van der Waals surface area (Å²) in [6.07, 6.45) is 3.34. The predicted molar refractivity (Wildman–Crippen MR) is 109 cm³/mol. The second-order valence-electron chi connectivity index (χ2n) is 7.05. The molecular formula is C21H21N3O2S. The summed E-state index contributed by atoms with van der Waals surface area (Å²) in [6.45, 7) is 0.612. The number of rotatable bonds is 3. The summed E-state index contributed by atoms with van der Waals surface area (Å²) in [5.74, 6) is 0.206. The van der Waals surface area contributed by atoms with Gasteiger partial charge in [0, 0.05) is 25.1 Å². The number of hydrogen-bond acceptors (Lipinski definition) is 3. The lowest BCUT2D eigenvalue weighted by atomic mass is 9.83. The summed E-state index contributed by atoms with van der Waals surface area (Å²) in [4.78, 5) is 27.9. The van der Waals surface area contributed by atoms with Crippen LogP contribution in [0.3, 0.4) is 0 Å². The van der Waals surface area contributed by atoms with Gasteiger partial charge in [-0.15, -0.1) is 0 Å². The summed E-state index contributed by atoms with van der Waals surface area (Å²) in [6, 6.07) is 13.5. The fourth-order valence-corrected chi connectivity index (χ4v) is 4.02. The van der Waals surface area contributed by atoms with Crippen molar-refractivity contribution in [3.63, 3.8) is 0 Å². The smallest absolute Gasteiger partial charge is 0.261 e. The quantitative estimate of drug-likeness (QED) is 0.685. The Morgan fingerprint density at radius 3 is 2.96 bits per heavy atom. The third kappa shape index (κ3) is 3.32. The monoisotopic (exact) mass is 379 g/mol. The van der Waals surface area contributed by atoms with E-state index in [4.69, 9.17) is 12.2 Å². The van der Waals surface area contributed by atoms with Gasteiger partial charge in [-0.05, 0) is 60.8 Å². The highest BCUT2D eigenvalue weighted by molar-refractivity contribution is 7.71. The van der Waals surface area contributed by atoms with Crippen molar-refractivity contribution in [1.29, 1.82) is 0 Å². The summed E-state index contributed by atoms with van der Waals surface area (Å²) >= 11 is 5.16. The van der Waals surface area contributed by atoms with E-state index in [0.717, 1.165) is 19.3 Å². The van der Waals surface area contributed by atoms with Crippen LogP contribution in [0.1, 0.15) is 40.2 Å². The van der Waals surface area contributed by atoms with Gasteiger partial charge in [0.1, 0.15) is 0 Å². The molecular weight excluding hydrogens is 358 g/mol. The van der Waals surface area contributed by atoms with Gasteiger partial charge < -0.3 is 10.3 Å². The largest absolute Gasteiger partial charge is 0.351 e. The summed E-state index contributed by atoms with van der Waals surface area (Å²) in [7, 11) is 1.63. The first-order valence-electron chi connectivity index (χ1n) is 9.13. The molecule has 1 aliphatic carbocycles. The number of H-pyrrole nitrogens is 1. The van der Waals surface area contributed by atoms with Gasteiger partial charge in [-0.25, -0.2) is 0 Å². The average Bonchev–Trinajstić information content (AvgIpc) is 2.70. The molecule has 1 aliphatic rings. The normalized spacial score (nSPS) is 16.1. The molecule has 6 heteroatoms. The number of aromatic nitrogens is 2. The number of aryl methyl sites for hydroxylation is 1. The zero-order valence-corrected chi connectivity index (χ0v) is 15.9. The number of carbonyl (C=O) groups is 1. The van der Waals surface area contributed by atoms with Gasteiger partial charge in [0.2, 0.25) is 0 Å². The number of carbonyl (C=O) groups excluding carboxylic acids is 1. The van der Waals surface area contributed by atoms with Crippen molar-refractivity contribution in [3.05, 3.63) is 74.3 Å². The molecule has 1 amide bonds. The van der Waals surface area contributed by atoms with Crippen molar-refractivity contribution >= 4 is 29.0 Å². The molecule has 0 bridgehead atoms. The van der Waals surface area contributed by atoms with E-state index in [1.165, 1.54) is 15.7 Å². The fraction of sp³-hybridized carbons (Fsp3) is 0.286. The number of hydrogen-bond donors (Lipinski definition) is 2. The molecule has 0 spiro atoms. The van der Waals surface area contributed by atoms with Crippen LogP contribution in [0.4, 0.5) is 0 Å². The summed E-state index contributed by atoms with van der Waals surface area (Å²) < 4.78 is 1.72. The number of nitrogens with zero attached hydrogens (tertiary/aromatic N) is 1. The van der Waals surface area contributed by atoms with Crippen LogP contribution in [0.2, 0.25) is 0 Å². The Morgan fingerprint density at radius 2 is 2.11 bits per heavy atom. The van der Waals surface area contributed by atoms with Crippen LogP contribution >= 0.6 is 12.2 Å².